The van der Waals surface area contributed by atoms with Crippen LogP contribution in [0.4, 0.5) is 5.69 Å². The van der Waals surface area contributed by atoms with Crippen LogP contribution in [0.2, 0.25) is 5.02 Å². The molecule has 6 heteroatoms. The fraction of sp³-hybridized carbons (Fsp3) is 0.579. The van der Waals surface area contributed by atoms with Crippen LogP contribution < -0.4 is 10.2 Å². The molecule has 1 aliphatic rings. The average molecular weight is 367 g/mol. The first-order valence-corrected chi connectivity index (χ1v) is 9.31. The van der Waals surface area contributed by atoms with Crippen LogP contribution in [0, 0.1) is 11.8 Å². The van der Waals surface area contributed by atoms with Gasteiger partial charge in [-0.05, 0) is 37.3 Å². The Morgan fingerprint density at radius 2 is 1.88 bits per heavy atom. The summed E-state index contributed by atoms with van der Waals surface area (Å²) < 4.78 is 0. The molecule has 0 aromatic heterocycles. The third kappa shape index (κ3) is 5.44. The van der Waals surface area contributed by atoms with Crippen molar-refractivity contribution in [3.8, 4) is 0 Å². The maximum atomic E-state index is 12.8. The smallest absolute Gasteiger partial charge is 0.280 e. The Labute approximate surface area is 155 Å². The Morgan fingerprint density at radius 3 is 2.48 bits per heavy atom. The molecule has 0 radical (unpaired) electrons. The highest BCUT2D eigenvalue weighted by Crippen LogP contribution is 2.21. The Morgan fingerprint density at radius 1 is 1.28 bits per heavy atom. The van der Waals surface area contributed by atoms with Crippen LogP contribution in [0.1, 0.15) is 27.2 Å². The molecule has 1 unspecified atom stereocenters. The third-order valence-electron chi connectivity index (χ3n) is 4.88. The Kier molecular flexibility index (Phi) is 6.85. The van der Waals surface area contributed by atoms with E-state index in [0.717, 1.165) is 18.0 Å². The minimum absolute atomic E-state index is 0.126. The summed E-state index contributed by atoms with van der Waals surface area (Å²) >= 11 is 6.06. The number of carbonyl (C=O) groups excluding carboxylic acids is 2. The van der Waals surface area contributed by atoms with Crippen LogP contribution in [-0.2, 0) is 9.59 Å². The summed E-state index contributed by atoms with van der Waals surface area (Å²) in [4.78, 5) is 27.9. The largest absolute Gasteiger partial charge is 0.337 e. The van der Waals surface area contributed by atoms with Crippen molar-refractivity contribution >= 4 is 29.1 Å². The van der Waals surface area contributed by atoms with Gasteiger partial charge < -0.3 is 15.1 Å². The summed E-state index contributed by atoms with van der Waals surface area (Å²) in [7, 11) is 1.88. The lowest BCUT2D eigenvalue weighted by molar-refractivity contribution is -0.886. The van der Waals surface area contributed by atoms with Crippen LogP contribution in [0.15, 0.2) is 24.3 Å². The zero-order valence-corrected chi connectivity index (χ0v) is 16.3. The van der Waals surface area contributed by atoms with E-state index in [4.69, 9.17) is 11.6 Å². The molecule has 2 N–H and O–H groups in total. The summed E-state index contributed by atoms with van der Waals surface area (Å²) in [5, 5.41) is 3.32. The number of benzene rings is 1. The molecule has 1 aromatic carbocycles. The predicted octanol–water partition coefficient (Wildman–Crippen LogP) is 1.69. The van der Waals surface area contributed by atoms with E-state index < -0.39 is 0 Å². The number of hydrogen-bond donors (Lipinski definition) is 2. The van der Waals surface area contributed by atoms with Gasteiger partial charge in [0.1, 0.15) is 0 Å². The minimum atomic E-state index is -0.255. The molecule has 1 saturated heterocycles. The van der Waals surface area contributed by atoms with Gasteiger partial charge in [0.25, 0.3) is 11.8 Å². The Bertz CT molecular complexity index is 612. The number of nitrogens with one attached hydrogen (secondary N) is 2. The second kappa shape index (κ2) is 8.68. The Balaban J connectivity index is 1.90. The van der Waals surface area contributed by atoms with Gasteiger partial charge in [-0.3, -0.25) is 9.59 Å². The number of carbonyl (C=O) groups is 2. The zero-order chi connectivity index (χ0) is 18.6. The number of para-hydroxylation sites is 1. The van der Waals surface area contributed by atoms with Crippen molar-refractivity contribution in [2.75, 3.05) is 32.0 Å². The van der Waals surface area contributed by atoms with E-state index in [2.05, 4.69) is 19.2 Å². The molecule has 138 valence electrons. The molecule has 2 rings (SSSR count). The number of quaternary nitrogens is 1. The zero-order valence-electron chi connectivity index (χ0n) is 15.5. The lowest BCUT2D eigenvalue weighted by Gasteiger charge is -2.36. The van der Waals surface area contributed by atoms with Gasteiger partial charge >= 0.3 is 0 Å². The molecule has 2 amide bonds. The molecular weight excluding hydrogens is 338 g/mol. The van der Waals surface area contributed by atoms with Crippen molar-refractivity contribution < 1.29 is 14.5 Å². The van der Waals surface area contributed by atoms with E-state index in [9.17, 15) is 9.59 Å². The highest BCUT2D eigenvalue weighted by molar-refractivity contribution is 6.33. The molecule has 0 aliphatic carbocycles. The van der Waals surface area contributed by atoms with Crippen LogP contribution in [0.3, 0.4) is 0 Å². The van der Waals surface area contributed by atoms with Crippen LogP contribution >= 0.6 is 11.6 Å². The predicted molar refractivity (Wildman–Crippen MR) is 101 cm³/mol. The first-order valence-electron chi connectivity index (χ1n) is 8.93. The first kappa shape index (κ1) is 19.7. The number of rotatable bonds is 5. The highest BCUT2D eigenvalue weighted by Gasteiger charge is 2.32. The second-order valence-electron chi connectivity index (χ2n) is 7.46. The van der Waals surface area contributed by atoms with Crippen molar-refractivity contribution in [2.24, 2.45) is 11.8 Å². The molecule has 5 nitrogen and oxygen atoms in total. The van der Waals surface area contributed by atoms with Gasteiger partial charge in [-0.15, -0.1) is 0 Å². The van der Waals surface area contributed by atoms with Gasteiger partial charge in [0.15, 0.2) is 12.6 Å². The maximum Gasteiger partial charge on any atom is 0.280 e. The summed E-state index contributed by atoms with van der Waals surface area (Å²) in [6, 6.07) is 6.88. The number of hydrogen-bond acceptors (Lipinski definition) is 2. The fourth-order valence-corrected chi connectivity index (χ4v) is 3.67. The lowest BCUT2D eigenvalue weighted by atomic mass is 9.91. The number of amides is 2. The van der Waals surface area contributed by atoms with E-state index >= 15 is 0 Å². The molecule has 0 bridgehead atoms. The molecule has 1 heterocycles. The molecule has 25 heavy (non-hydrogen) atoms. The molecule has 0 spiro atoms. The molecule has 4 atom stereocenters. The van der Waals surface area contributed by atoms with Crippen molar-refractivity contribution in [1.29, 1.82) is 0 Å². The Hall–Kier alpha value is -1.59. The molecule has 1 fully saturated rings. The molecule has 1 aliphatic heterocycles. The van der Waals surface area contributed by atoms with E-state index in [0.29, 0.717) is 22.5 Å². The van der Waals surface area contributed by atoms with Crippen LogP contribution in [0.25, 0.3) is 0 Å². The van der Waals surface area contributed by atoms with Crippen molar-refractivity contribution in [3.05, 3.63) is 29.3 Å². The number of likely N-dealkylation sites (tertiary alicyclic amines) is 1. The standard InChI is InChI=1S/C19H28ClN3O2/c1-13-9-14(2)11-23(10-13)19(25)15(3)22(4)12-18(24)21-17-8-6-5-7-16(17)20/h5-8,13-15H,9-12H2,1-4H3,(H,21,24)/p+1/t13-,14+,15-/m1/s1. The van der Waals surface area contributed by atoms with E-state index in [1.165, 1.54) is 6.42 Å². The number of nitrogens with zero attached hydrogens (tertiary/aromatic N) is 1. The van der Waals surface area contributed by atoms with Crippen molar-refractivity contribution in [3.63, 3.8) is 0 Å². The van der Waals surface area contributed by atoms with Gasteiger partial charge in [0.05, 0.1) is 17.8 Å². The summed E-state index contributed by atoms with van der Waals surface area (Å²) in [6.07, 6.45) is 1.17. The lowest BCUT2D eigenvalue weighted by Crippen LogP contribution is -3.15. The average Bonchev–Trinajstić information content (AvgIpc) is 2.54. The van der Waals surface area contributed by atoms with Crippen molar-refractivity contribution in [1.82, 2.24) is 4.90 Å². The van der Waals surface area contributed by atoms with Gasteiger partial charge in [0, 0.05) is 13.1 Å². The van der Waals surface area contributed by atoms with Gasteiger partial charge in [0.2, 0.25) is 0 Å². The molecular formula is C19H29ClN3O2+. The second-order valence-corrected chi connectivity index (χ2v) is 7.87. The van der Waals surface area contributed by atoms with Crippen molar-refractivity contribution in [2.45, 2.75) is 33.2 Å². The number of anilines is 1. The fourth-order valence-electron chi connectivity index (χ4n) is 3.49. The molecule has 1 aromatic rings. The monoisotopic (exact) mass is 366 g/mol. The van der Waals surface area contributed by atoms with Gasteiger partial charge in [-0.25, -0.2) is 0 Å². The minimum Gasteiger partial charge on any atom is -0.337 e. The first-order chi connectivity index (χ1) is 11.8. The van der Waals surface area contributed by atoms with E-state index in [1.807, 2.05) is 31.0 Å². The van der Waals surface area contributed by atoms with E-state index in [-0.39, 0.29) is 24.4 Å². The van der Waals surface area contributed by atoms with Crippen LogP contribution in [-0.4, -0.2) is 49.4 Å². The molecule has 0 saturated carbocycles. The van der Waals surface area contributed by atoms with Crippen LogP contribution in [0.5, 0.6) is 0 Å². The number of piperidine rings is 1. The third-order valence-corrected chi connectivity index (χ3v) is 5.21. The summed E-state index contributed by atoms with van der Waals surface area (Å²) in [5.74, 6) is 1.04. The normalized spacial score (nSPS) is 23.0. The van der Waals surface area contributed by atoms with Gasteiger partial charge in [-0.2, -0.15) is 0 Å². The quantitative estimate of drug-likeness (QED) is 0.833. The highest BCUT2D eigenvalue weighted by atomic mass is 35.5. The summed E-state index contributed by atoms with van der Waals surface area (Å²) in [5.41, 5.74) is 0.597. The summed E-state index contributed by atoms with van der Waals surface area (Å²) in [6.45, 7) is 8.11. The topological polar surface area (TPSA) is 53.9 Å². The number of likely N-dealkylation sites (N-methyl/N-ethyl adjacent to an activating group) is 1. The SMILES string of the molecule is C[C@@H]1C[C@H](C)CN(C(=O)[C@@H](C)[NH+](C)CC(=O)Nc2ccccc2Cl)C1. The maximum absolute atomic E-state index is 12.8. The number of halogens is 1. The van der Waals surface area contributed by atoms with Gasteiger partial charge in [-0.1, -0.05) is 37.6 Å². The van der Waals surface area contributed by atoms with E-state index in [1.54, 1.807) is 12.1 Å².